The number of nitrogen functional groups attached to an aromatic ring is 1. The van der Waals surface area contributed by atoms with Gasteiger partial charge in [-0.15, -0.1) is 5.73 Å². The molecule has 0 aromatic carbocycles. The van der Waals surface area contributed by atoms with Gasteiger partial charge in [-0.3, -0.25) is 4.52 Å². The van der Waals surface area contributed by atoms with E-state index in [-0.39, 0.29) is 22.5 Å². The average molecular weight is 675 g/mol. The second-order valence-electron chi connectivity index (χ2n) is 9.41. The monoisotopic (exact) mass is 675 g/mol. The molecule has 2 aromatic heterocycles. The fourth-order valence-electron chi connectivity index (χ4n) is 4.48. The zero-order chi connectivity index (χ0) is 31.9. The molecule has 7 unspecified atom stereocenters. The van der Waals surface area contributed by atoms with E-state index in [1.54, 1.807) is 0 Å². The number of anilines is 1. The molecule has 0 amide bonds. The molecule has 22 heteroatoms. The first-order valence-electron chi connectivity index (χ1n) is 12.1. The van der Waals surface area contributed by atoms with Crippen LogP contribution in [0.15, 0.2) is 35.4 Å². The van der Waals surface area contributed by atoms with Gasteiger partial charge in [-0.05, 0) is 17.9 Å². The van der Waals surface area contributed by atoms with Gasteiger partial charge in [0.25, 0.3) is 0 Å². The summed E-state index contributed by atoms with van der Waals surface area (Å²) >= 11 is 4.72. The Morgan fingerprint density at radius 1 is 1.23 bits per heavy atom. The van der Waals surface area contributed by atoms with E-state index < -0.39 is 88.5 Å². The molecule has 18 nitrogen and oxygen atoms in total. The van der Waals surface area contributed by atoms with Crippen LogP contribution >= 0.6 is 14.5 Å². The molecule has 12 atom stereocenters. The Morgan fingerprint density at radius 2 is 1.93 bits per heavy atom. The van der Waals surface area contributed by atoms with Crippen molar-refractivity contribution in [3.8, 4) is 0 Å². The Balaban J connectivity index is 1.46. The van der Waals surface area contributed by atoms with Crippen LogP contribution in [0.2, 0.25) is 0 Å². The third-order valence-electron chi connectivity index (χ3n) is 6.55. The lowest BCUT2D eigenvalue weighted by Gasteiger charge is -2.41. The van der Waals surface area contributed by atoms with Crippen molar-refractivity contribution < 1.29 is 76.6 Å². The standard InChI is InChI=1S/C21H28FN3O15P2S/c1-2-3-21(22)17(31)10(37-18(21)8-5-35-16-11(8)24-7-25-19(16)23)6-36-42(34,43)40-41(32,33)39-20-14(30)12(28)13(29)15(38-20)9(27)4-26/h3,5,7,9-10,12-15,17-18,20,26-31H,1,4,6H2,(H,32,33)(H,34,43)(H2,23,24,25)/t9-,10+,12?,13?,14?,15?,17+,18-,20?,21+,42?/m0/s1. The molecule has 2 aromatic rings. The number of phosphoric ester groups is 1. The van der Waals surface area contributed by atoms with Crippen molar-refractivity contribution in [2.45, 2.75) is 60.8 Å². The van der Waals surface area contributed by atoms with Crippen molar-refractivity contribution in [1.82, 2.24) is 9.97 Å². The Bertz CT molecular complexity index is 1460. The maximum Gasteiger partial charge on any atom is 0.481 e. The summed E-state index contributed by atoms with van der Waals surface area (Å²) in [5.41, 5.74) is 5.37. The highest BCUT2D eigenvalue weighted by Gasteiger charge is 2.58. The van der Waals surface area contributed by atoms with Gasteiger partial charge in [0.15, 0.2) is 23.4 Å². The van der Waals surface area contributed by atoms with Crippen LogP contribution in [-0.2, 0) is 39.2 Å². The lowest BCUT2D eigenvalue weighted by molar-refractivity contribution is -0.292. The predicted molar refractivity (Wildman–Crippen MR) is 142 cm³/mol. The molecule has 0 spiro atoms. The molecular weight excluding hydrogens is 647 g/mol. The van der Waals surface area contributed by atoms with Gasteiger partial charge in [-0.1, -0.05) is 6.58 Å². The summed E-state index contributed by atoms with van der Waals surface area (Å²) in [4.78, 5) is 28.3. The fourth-order valence-corrected chi connectivity index (χ4v) is 7.58. The molecule has 0 aliphatic carbocycles. The molecule has 0 radical (unpaired) electrons. The minimum absolute atomic E-state index is 0.00977. The van der Waals surface area contributed by atoms with Gasteiger partial charge < -0.3 is 64.6 Å². The molecule has 43 heavy (non-hydrogen) atoms. The number of furan rings is 1. The normalized spacial score (nSPS) is 36.5. The van der Waals surface area contributed by atoms with E-state index in [1.165, 1.54) is 0 Å². The molecule has 2 saturated heterocycles. The van der Waals surface area contributed by atoms with Crippen LogP contribution in [0, 0.1) is 0 Å². The van der Waals surface area contributed by atoms with Crippen molar-refractivity contribution >= 4 is 43.3 Å². The molecule has 2 aliphatic heterocycles. The number of hydrogen-bond acceptors (Lipinski definition) is 17. The second-order valence-corrected chi connectivity index (χ2v) is 13.8. The summed E-state index contributed by atoms with van der Waals surface area (Å²) in [6, 6.07) is 0. The molecule has 10 N–H and O–H groups in total. The summed E-state index contributed by atoms with van der Waals surface area (Å²) in [6.07, 6.45) is -14.3. The first kappa shape index (κ1) is 34.1. The van der Waals surface area contributed by atoms with Gasteiger partial charge in [-0.25, -0.2) is 23.2 Å². The Kier molecular flexibility index (Phi) is 10.2. The highest BCUT2D eigenvalue weighted by Crippen LogP contribution is 2.62. The number of rotatable bonds is 11. The zero-order valence-electron chi connectivity index (χ0n) is 21.6. The van der Waals surface area contributed by atoms with Crippen LogP contribution in [0.25, 0.3) is 11.1 Å². The maximum absolute atomic E-state index is 16.1. The number of aliphatic hydroxyl groups is 6. The lowest BCUT2D eigenvalue weighted by Crippen LogP contribution is -2.61. The number of aliphatic hydroxyl groups excluding tert-OH is 6. The first-order chi connectivity index (χ1) is 20.0. The summed E-state index contributed by atoms with van der Waals surface area (Å²) < 4.78 is 58.8. The highest BCUT2D eigenvalue weighted by atomic mass is 32.5. The first-order valence-corrected chi connectivity index (χ1v) is 16.2. The SMILES string of the molecule is C=C=C[C@@]1(F)[C@H](O)[C@@H](COP(O)(=S)OP(=O)(O)OC2OC([C@@H](O)CO)C(O)C(O)C2O)O[C@H]1c1coc2c(N)ncnc12. The van der Waals surface area contributed by atoms with E-state index in [9.17, 15) is 39.9 Å². The van der Waals surface area contributed by atoms with Crippen LogP contribution in [0.1, 0.15) is 11.7 Å². The molecule has 2 fully saturated rings. The van der Waals surface area contributed by atoms with Crippen molar-refractivity contribution in [2.75, 3.05) is 18.9 Å². The number of nitrogens with zero attached hydrogens (tertiary/aromatic N) is 2. The number of hydrogen-bond donors (Lipinski definition) is 9. The summed E-state index contributed by atoms with van der Waals surface area (Å²) in [7, 11) is -5.52. The average Bonchev–Trinajstić information content (AvgIpc) is 3.46. The number of ether oxygens (including phenoxy) is 2. The van der Waals surface area contributed by atoms with Crippen LogP contribution in [0.4, 0.5) is 10.2 Å². The number of alkyl halides is 1. The summed E-state index contributed by atoms with van der Waals surface area (Å²) in [6.45, 7) is -3.34. The highest BCUT2D eigenvalue weighted by molar-refractivity contribution is 8.08. The smallest absolute Gasteiger partial charge is 0.458 e. The van der Waals surface area contributed by atoms with Gasteiger partial charge in [0.1, 0.15) is 60.7 Å². The van der Waals surface area contributed by atoms with Gasteiger partial charge in [0, 0.05) is 5.56 Å². The Hall–Kier alpha value is -1.77. The Labute approximate surface area is 246 Å². The quantitative estimate of drug-likeness (QED) is 0.0936. The number of aromatic nitrogens is 2. The molecule has 2 aliphatic rings. The third-order valence-corrected chi connectivity index (χ3v) is 10.1. The molecular formula is C21H28FN3O15P2S. The number of fused-ring (bicyclic) bond motifs is 1. The van der Waals surface area contributed by atoms with Crippen LogP contribution < -0.4 is 5.73 Å². The zero-order valence-corrected chi connectivity index (χ0v) is 24.2. The topological polar surface area (TPSA) is 290 Å². The number of phosphoric acid groups is 1. The molecule has 0 saturated carbocycles. The summed E-state index contributed by atoms with van der Waals surface area (Å²) in [5.74, 6) is -0.0518. The van der Waals surface area contributed by atoms with E-state index in [0.717, 1.165) is 18.7 Å². The minimum Gasteiger partial charge on any atom is -0.458 e. The Morgan fingerprint density at radius 3 is 2.58 bits per heavy atom. The molecule has 4 heterocycles. The van der Waals surface area contributed by atoms with E-state index in [2.05, 4.69) is 31.1 Å². The maximum atomic E-state index is 16.1. The van der Waals surface area contributed by atoms with E-state index in [1.807, 2.05) is 0 Å². The molecule has 0 bridgehead atoms. The molecule has 4 rings (SSSR count). The van der Waals surface area contributed by atoms with E-state index in [4.69, 9.17) is 41.1 Å². The second kappa shape index (κ2) is 12.9. The van der Waals surface area contributed by atoms with E-state index in [0.29, 0.717) is 0 Å². The van der Waals surface area contributed by atoms with Crippen LogP contribution in [0.3, 0.4) is 0 Å². The minimum atomic E-state index is -5.52. The van der Waals surface area contributed by atoms with Gasteiger partial charge in [-0.2, -0.15) is 0 Å². The van der Waals surface area contributed by atoms with Crippen molar-refractivity contribution in [1.29, 1.82) is 0 Å². The van der Waals surface area contributed by atoms with Gasteiger partial charge in [0.05, 0.1) is 19.5 Å². The van der Waals surface area contributed by atoms with Crippen LogP contribution in [0.5, 0.6) is 0 Å². The van der Waals surface area contributed by atoms with E-state index >= 15 is 4.39 Å². The van der Waals surface area contributed by atoms with Gasteiger partial charge >= 0.3 is 14.5 Å². The largest absolute Gasteiger partial charge is 0.481 e. The predicted octanol–water partition coefficient (Wildman–Crippen LogP) is -1.82. The van der Waals surface area contributed by atoms with Gasteiger partial charge in [0.2, 0.25) is 0 Å². The van der Waals surface area contributed by atoms with Crippen molar-refractivity contribution in [2.24, 2.45) is 0 Å². The third kappa shape index (κ3) is 6.91. The fraction of sp³-hybridized carbons (Fsp3) is 0.571. The summed E-state index contributed by atoms with van der Waals surface area (Å²) in [5, 5.41) is 59.6. The number of nitrogens with two attached hydrogens (primary N) is 1. The number of halogens is 1. The lowest BCUT2D eigenvalue weighted by atomic mass is 9.89. The van der Waals surface area contributed by atoms with Crippen LogP contribution in [-0.4, -0.2) is 118 Å². The van der Waals surface area contributed by atoms with Crippen molar-refractivity contribution in [3.05, 3.63) is 36.5 Å². The van der Waals surface area contributed by atoms with Crippen molar-refractivity contribution in [3.63, 3.8) is 0 Å². The molecule has 240 valence electrons.